The van der Waals surface area contributed by atoms with E-state index in [0.29, 0.717) is 11.1 Å². The van der Waals surface area contributed by atoms with Crippen LogP contribution in [0.3, 0.4) is 0 Å². The van der Waals surface area contributed by atoms with E-state index in [-0.39, 0.29) is 12.4 Å². The number of nitro benzene ring substituents is 1. The predicted molar refractivity (Wildman–Crippen MR) is 109 cm³/mol. The molecule has 0 aromatic heterocycles. The van der Waals surface area contributed by atoms with Crippen molar-refractivity contribution >= 4 is 23.5 Å². The molecule has 0 unspecified atom stereocenters. The number of rotatable bonds is 7. The van der Waals surface area contributed by atoms with Gasteiger partial charge in [0.2, 0.25) is 5.75 Å². The Morgan fingerprint density at radius 2 is 2.00 bits per heavy atom. The second-order valence-electron chi connectivity index (χ2n) is 6.52. The van der Waals surface area contributed by atoms with Gasteiger partial charge < -0.3 is 14.7 Å². The quantitative estimate of drug-likeness (QED) is 0.420. The van der Waals surface area contributed by atoms with Gasteiger partial charge in [-0.1, -0.05) is 0 Å². The number of aromatic hydroxyl groups is 1. The molecule has 0 saturated carbocycles. The van der Waals surface area contributed by atoms with Gasteiger partial charge in [-0.3, -0.25) is 14.9 Å². The van der Waals surface area contributed by atoms with Gasteiger partial charge in [-0.05, 0) is 50.1 Å². The summed E-state index contributed by atoms with van der Waals surface area (Å²) in [5.74, 6) is -0.962. The molecule has 29 heavy (non-hydrogen) atoms. The van der Waals surface area contributed by atoms with Gasteiger partial charge in [0, 0.05) is 36.0 Å². The van der Waals surface area contributed by atoms with Crippen molar-refractivity contribution in [3.8, 4) is 11.5 Å². The average molecular weight is 398 g/mol. The maximum absolute atomic E-state index is 12.3. The minimum atomic E-state index is -0.713. The van der Waals surface area contributed by atoms with Crippen molar-refractivity contribution in [3.05, 3.63) is 57.6 Å². The Kier molecular flexibility index (Phi) is 6.28. The Bertz CT molecular complexity index is 921. The molecule has 0 spiro atoms. The summed E-state index contributed by atoms with van der Waals surface area (Å²) < 4.78 is 5.21. The van der Waals surface area contributed by atoms with Crippen LogP contribution in [0.4, 0.5) is 11.4 Å². The zero-order valence-corrected chi connectivity index (χ0v) is 16.0. The molecule has 1 aliphatic heterocycles. The molecule has 9 nitrogen and oxygen atoms in total. The third-order valence-corrected chi connectivity index (χ3v) is 4.55. The molecule has 2 aromatic rings. The summed E-state index contributed by atoms with van der Waals surface area (Å²) >= 11 is 0. The third kappa shape index (κ3) is 4.81. The summed E-state index contributed by atoms with van der Waals surface area (Å²) in [5.41, 5.74) is 3.74. The number of hydrogen-bond acceptors (Lipinski definition) is 7. The molecule has 152 valence electrons. The summed E-state index contributed by atoms with van der Waals surface area (Å²) in [5, 5.41) is 24.8. The molecule has 0 radical (unpaired) electrons. The summed E-state index contributed by atoms with van der Waals surface area (Å²) in [6, 6.07) is 9.84. The Morgan fingerprint density at radius 1 is 1.31 bits per heavy atom. The van der Waals surface area contributed by atoms with Crippen LogP contribution in [0.5, 0.6) is 11.5 Å². The first-order chi connectivity index (χ1) is 14.0. The normalized spacial score (nSPS) is 13.6. The average Bonchev–Trinajstić information content (AvgIpc) is 3.25. The molecular formula is C20H22N4O5. The standard InChI is InChI=1S/C20H22N4O5/c1-2-29-18-12-14(11-17(19(18)25)24(27)28)13-21-22-20(26)15-5-7-16(8-6-15)23-9-3-4-10-23/h5-8,11-13,25H,2-4,9-10H2,1H3,(H,22,26)/b21-13-. The van der Waals surface area contributed by atoms with E-state index in [1.165, 1.54) is 25.1 Å². The van der Waals surface area contributed by atoms with Crippen LogP contribution in [0.25, 0.3) is 0 Å². The summed E-state index contributed by atoms with van der Waals surface area (Å²) in [6.45, 7) is 3.98. The fraction of sp³-hybridized carbons (Fsp3) is 0.300. The van der Waals surface area contributed by atoms with E-state index in [1.54, 1.807) is 19.1 Å². The first-order valence-corrected chi connectivity index (χ1v) is 9.32. The highest BCUT2D eigenvalue weighted by Gasteiger charge is 2.19. The lowest BCUT2D eigenvalue weighted by molar-refractivity contribution is -0.386. The topological polar surface area (TPSA) is 117 Å². The van der Waals surface area contributed by atoms with E-state index in [4.69, 9.17) is 4.74 Å². The summed E-state index contributed by atoms with van der Waals surface area (Å²) in [4.78, 5) is 24.9. The number of benzene rings is 2. The van der Waals surface area contributed by atoms with Crippen LogP contribution in [0.2, 0.25) is 0 Å². The van der Waals surface area contributed by atoms with Gasteiger partial charge in [0.15, 0.2) is 5.75 Å². The van der Waals surface area contributed by atoms with E-state index >= 15 is 0 Å². The van der Waals surface area contributed by atoms with E-state index in [2.05, 4.69) is 15.4 Å². The summed E-state index contributed by atoms with van der Waals surface area (Å²) in [7, 11) is 0. The minimum absolute atomic E-state index is 0.0213. The molecular weight excluding hydrogens is 376 g/mol. The smallest absolute Gasteiger partial charge is 0.315 e. The number of hydrogen-bond donors (Lipinski definition) is 2. The molecule has 1 fully saturated rings. The molecule has 1 amide bonds. The van der Waals surface area contributed by atoms with Crippen molar-refractivity contribution in [2.24, 2.45) is 5.10 Å². The largest absolute Gasteiger partial charge is 0.500 e. The number of carbonyl (C=O) groups excluding carboxylic acids is 1. The molecule has 0 aliphatic carbocycles. The number of nitro groups is 1. The van der Waals surface area contributed by atoms with Crippen LogP contribution in [-0.2, 0) is 0 Å². The minimum Gasteiger partial charge on any atom is -0.500 e. The highest BCUT2D eigenvalue weighted by molar-refractivity contribution is 5.95. The highest BCUT2D eigenvalue weighted by Crippen LogP contribution is 2.36. The first kappa shape index (κ1) is 20.1. The number of nitrogens with zero attached hydrogens (tertiary/aromatic N) is 3. The van der Waals surface area contributed by atoms with Crippen molar-refractivity contribution in [2.45, 2.75) is 19.8 Å². The van der Waals surface area contributed by atoms with E-state index in [1.807, 2.05) is 12.1 Å². The van der Waals surface area contributed by atoms with Crippen molar-refractivity contribution in [1.29, 1.82) is 0 Å². The number of carbonyl (C=O) groups is 1. The number of hydrazone groups is 1. The Labute approximate surface area is 167 Å². The number of amides is 1. The lowest BCUT2D eigenvalue weighted by Crippen LogP contribution is -2.19. The number of anilines is 1. The van der Waals surface area contributed by atoms with Crippen LogP contribution < -0.4 is 15.1 Å². The number of phenolic OH excluding ortho intramolecular Hbond substituents is 1. The van der Waals surface area contributed by atoms with E-state index in [9.17, 15) is 20.0 Å². The number of ether oxygens (including phenoxy) is 1. The third-order valence-electron chi connectivity index (χ3n) is 4.55. The van der Waals surface area contributed by atoms with Gasteiger partial charge in [-0.15, -0.1) is 0 Å². The molecule has 2 N–H and O–H groups in total. The zero-order chi connectivity index (χ0) is 20.8. The van der Waals surface area contributed by atoms with Gasteiger partial charge in [-0.2, -0.15) is 5.10 Å². The molecule has 0 bridgehead atoms. The lowest BCUT2D eigenvalue weighted by atomic mass is 10.2. The Balaban J connectivity index is 1.68. The zero-order valence-electron chi connectivity index (χ0n) is 16.0. The predicted octanol–water partition coefficient (Wildman–Crippen LogP) is 3.06. The molecule has 3 rings (SSSR count). The second kappa shape index (κ2) is 9.05. The van der Waals surface area contributed by atoms with Gasteiger partial charge in [-0.25, -0.2) is 5.43 Å². The van der Waals surface area contributed by atoms with Crippen LogP contribution in [-0.4, -0.2) is 41.8 Å². The lowest BCUT2D eigenvalue weighted by Gasteiger charge is -2.17. The molecule has 1 aliphatic rings. The van der Waals surface area contributed by atoms with Crippen LogP contribution >= 0.6 is 0 Å². The number of nitrogens with one attached hydrogen (secondary N) is 1. The van der Waals surface area contributed by atoms with Crippen molar-refractivity contribution in [2.75, 3.05) is 24.6 Å². The van der Waals surface area contributed by atoms with Gasteiger partial charge in [0.25, 0.3) is 5.91 Å². The molecule has 9 heteroatoms. The molecule has 1 saturated heterocycles. The Hall–Kier alpha value is -3.62. The molecule has 2 aromatic carbocycles. The SMILES string of the molecule is CCOc1cc(/C=N\NC(=O)c2ccc(N3CCCC3)cc2)cc([N+](=O)[O-])c1O. The fourth-order valence-electron chi connectivity index (χ4n) is 3.12. The van der Waals surface area contributed by atoms with Crippen molar-refractivity contribution < 1.29 is 19.6 Å². The van der Waals surface area contributed by atoms with E-state index < -0.39 is 22.3 Å². The van der Waals surface area contributed by atoms with Gasteiger partial charge in [0.05, 0.1) is 17.7 Å². The maximum Gasteiger partial charge on any atom is 0.315 e. The van der Waals surface area contributed by atoms with Crippen LogP contribution in [0, 0.1) is 10.1 Å². The molecule has 0 atom stereocenters. The fourth-order valence-corrected chi connectivity index (χ4v) is 3.12. The highest BCUT2D eigenvalue weighted by atomic mass is 16.6. The van der Waals surface area contributed by atoms with Crippen molar-refractivity contribution in [1.82, 2.24) is 5.43 Å². The summed E-state index contributed by atoms with van der Waals surface area (Å²) in [6.07, 6.45) is 3.61. The first-order valence-electron chi connectivity index (χ1n) is 9.32. The van der Waals surface area contributed by atoms with Gasteiger partial charge >= 0.3 is 5.69 Å². The maximum atomic E-state index is 12.3. The van der Waals surface area contributed by atoms with E-state index in [0.717, 1.165) is 24.8 Å². The molecule has 1 heterocycles. The second-order valence-corrected chi connectivity index (χ2v) is 6.52. The van der Waals surface area contributed by atoms with Gasteiger partial charge in [0.1, 0.15) is 0 Å². The van der Waals surface area contributed by atoms with Crippen LogP contribution in [0.15, 0.2) is 41.5 Å². The van der Waals surface area contributed by atoms with Crippen molar-refractivity contribution in [3.63, 3.8) is 0 Å². The monoisotopic (exact) mass is 398 g/mol. The van der Waals surface area contributed by atoms with Crippen LogP contribution in [0.1, 0.15) is 35.7 Å². The number of phenols is 1. The Morgan fingerprint density at radius 3 is 2.62 bits per heavy atom.